The number of urea groups is 1. The fraction of sp³-hybridized carbons (Fsp3) is 0.611. The summed E-state index contributed by atoms with van der Waals surface area (Å²) >= 11 is 1.21. The number of esters is 1. The summed E-state index contributed by atoms with van der Waals surface area (Å²) in [6.07, 6.45) is 4.08. The molecule has 0 aromatic carbocycles. The third kappa shape index (κ3) is 5.16. The van der Waals surface area contributed by atoms with E-state index in [2.05, 4.69) is 36.4 Å². The standard InChI is InChI=1S/C18H25N3O4S/c1-17(2)7-12(8-18(3,9-17)10-19-11-22)20-16(24)21-13-5-6-26-14(13)15(23)25-4/h5-6,12H,7-10H2,1-4H3,(H2,20,21,24). The Morgan fingerprint density at radius 1 is 1.38 bits per heavy atom. The highest BCUT2D eigenvalue weighted by Gasteiger charge is 2.41. The largest absolute Gasteiger partial charge is 0.465 e. The van der Waals surface area contributed by atoms with Crippen molar-refractivity contribution < 1.29 is 19.1 Å². The average Bonchev–Trinajstić information content (AvgIpc) is 2.98. The maximum atomic E-state index is 12.4. The van der Waals surface area contributed by atoms with Crippen LogP contribution < -0.4 is 10.6 Å². The first-order valence-corrected chi connectivity index (χ1v) is 9.33. The monoisotopic (exact) mass is 379 g/mol. The number of aliphatic imine (C=N–C) groups is 1. The minimum absolute atomic E-state index is 0.0168. The molecule has 1 aromatic heterocycles. The third-order valence-corrected chi connectivity index (χ3v) is 5.48. The number of ether oxygens (including phenoxy) is 1. The van der Waals surface area contributed by atoms with Crippen molar-refractivity contribution in [1.82, 2.24) is 5.32 Å². The van der Waals surface area contributed by atoms with Gasteiger partial charge in [-0.05, 0) is 41.5 Å². The van der Waals surface area contributed by atoms with Gasteiger partial charge in [-0.3, -0.25) is 0 Å². The molecule has 0 spiro atoms. The molecule has 2 amide bonds. The molecule has 0 radical (unpaired) electrons. The fourth-order valence-electron chi connectivity index (χ4n) is 4.08. The maximum Gasteiger partial charge on any atom is 0.350 e. The van der Waals surface area contributed by atoms with Crippen molar-refractivity contribution in [3.05, 3.63) is 16.3 Å². The Morgan fingerprint density at radius 2 is 2.12 bits per heavy atom. The van der Waals surface area contributed by atoms with Gasteiger partial charge in [-0.15, -0.1) is 11.3 Å². The van der Waals surface area contributed by atoms with Crippen LogP contribution in [0.5, 0.6) is 0 Å². The van der Waals surface area contributed by atoms with Crippen molar-refractivity contribution in [3.8, 4) is 0 Å². The van der Waals surface area contributed by atoms with E-state index in [9.17, 15) is 14.4 Å². The van der Waals surface area contributed by atoms with Crippen molar-refractivity contribution in [3.63, 3.8) is 0 Å². The lowest BCUT2D eigenvalue weighted by Gasteiger charge is -2.46. The molecule has 0 aliphatic heterocycles. The lowest BCUT2D eigenvalue weighted by molar-refractivity contribution is 0.0607. The van der Waals surface area contributed by atoms with Crippen LogP contribution in [0, 0.1) is 10.8 Å². The van der Waals surface area contributed by atoms with Crippen molar-refractivity contribution >= 4 is 35.1 Å². The lowest BCUT2D eigenvalue weighted by atomic mass is 9.62. The Hall–Kier alpha value is -2.18. The second kappa shape index (κ2) is 8.01. The van der Waals surface area contributed by atoms with Gasteiger partial charge in [0.25, 0.3) is 0 Å². The van der Waals surface area contributed by atoms with Crippen LogP contribution in [-0.4, -0.2) is 37.8 Å². The first-order valence-electron chi connectivity index (χ1n) is 8.45. The number of thiophene rings is 1. The van der Waals surface area contributed by atoms with Gasteiger partial charge in [0.05, 0.1) is 19.3 Å². The molecule has 1 aromatic rings. The first kappa shape index (κ1) is 20.1. The quantitative estimate of drug-likeness (QED) is 0.464. The number of carbonyl (C=O) groups excluding carboxylic acids is 3. The number of isocyanates is 1. The topological polar surface area (TPSA) is 96.9 Å². The van der Waals surface area contributed by atoms with Crippen LogP contribution in [0.2, 0.25) is 0 Å². The molecule has 1 saturated carbocycles. The number of methoxy groups -OCH3 is 1. The number of amides is 2. The Bertz CT molecular complexity index is 724. The van der Waals surface area contributed by atoms with Crippen LogP contribution >= 0.6 is 11.3 Å². The summed E-state index contributed by atoms with van der Waals surface area (Å²) < 4.78 is 4.72. The van der Waals surface area contributed by atoms with Gasteiger partial charge in [0.1, 0.15) is 4.88 Å². The smallest absolute Gasteiger partial charge is 0.350 e. The zero-order valence-corrected chi connectivity index (χ0v) is 16.4. The van der Waals surface area contributed by atoms with Crippen LogP contribution in [0.25, 0.3) is 0 Å². The molecule has 1 fully saturated rings. The predicted molar refractivity (Wildman–Crippen MR) is 100 cm³/mol. The van der Waals surface area contributed by atoms with Crippen molar-refractivity contribution in [2.24, 2.45) is 15.8 Å². The molecule has 1 heterocycles. The number of nitrogens with one attached hydrogen (secondary N) is 2. The molecule has 0 bridgehead atoms. The van der Waals surface area contributed by atoms with Gasteiger partial charge < -0.3 is 15.4 Å². The lowest BCUT2D eigenvalue weighted by Crippen LogP contribution is -2.48. The summed E-state index contributed by atoms with van der Waals surface area (Å²) in [6.45, 7) is 6.78. The maximum absolute atomic E-state index is 12.4. The van der Waals surface area contributed by atoms with Gasteiger partial charge in [-0.25, -0.2) is 19.4 Å². The van der Waals surface area contributed by atoms with Gasteiger partial charge in [-0.1, -0.05) is 20.8 Å². The van der Waals surface area contributed by atoms with Crippen LogP contribution in [0.15, 0.2) is 16.4 Å². The second-order valence-corrected chi connectivity index (χ2v) is 8.83. The first-order chi connectivity index (χ1) is 12.2. The van der Waals surface area contributed by atoms with Gasteiger partial charge in [0.2, 0.25) is 6.08 Å². The molecule has 2 unspecified atom stereocenters. The van der Waals surface area contributed by atoms with Gasteiger partial charge in [-0.2, -0.15) is 0 Å². The summed E-state index contributed by atoms with van der Waals surface area (Å²) in [5.74, 6) is -0.478. The molecule has 26 heavy (non-hydrogen) atoms. The summed E-state index contributed by atoms with van der Waals surface area (Å²) in [4.78, 5) is 38.7. The SMILES string of the molecule is COC(=O)c1sccc1NC(=O)NC1CC(C)(C)CC(C)(CN=C=O)C1. The van der Waals surface area contributed by atoms with Crippen LogP contribution in [-0.2, 0) is 9.53 Å². The van der Waals surface area contributed by atoms with Crippen LogP contribution in [0.1, 0.15) is 49.7 Å². The van der Waals surface area contributed by atoms with Crippen LogP contribution in [0.4, 0.5) is 10.5 Å². The van der Waals surface area contributed by atoms with Crippen molar-refractivity contribution in [2.45, 2.75) is 46.1 Å². The Balaban J connectivity index is 2.05. The summed E-state index contributed by atoms with van der Waals surface area (Å²) in [7, 11) is 1.30. The van der Waals surface area contributed by atoms with E-state index >= 15 is 0 Å². The van der Waals surface area contributed by atoms with E-state index in [1.165, 1.54) is 18.4 Å². The fourth-order valence-corrected chi connectivity index (χ4v) is 4.85. The van der Waals surface area contributed by atoms with Crippen molar-refractivity contribution in [1.29, 1.82) is 0 Å². The van der Waals surface area contributed by atoms with Gasteiger partial charge in [0.15, 0.2) is 0 Å². The van der Waals surface area contributed by atoms with E-state index in [-0.39, 0.29) is 22.9 Å². The van der Waals surface area contributed by atoms with E-state index in [0.717, 1.165) is 19.3 Å². The molecular formula is C18H25N3O4S. The molecule has 8 heteroatoms. The predicted octanol–water partition coefficient (Wildman–Crippen LogP) is 3.58. The highest BCUT2D eigenvalue weighted by atomic mass is 32.1. The van der Waals surface area contributed by atoms with Gasteiger partial charge in [0, 0.05) is 6.04 Å². The molecule has 2 N–H and O–H groups in total. The summed E-state index contributed by atoms with van der Waals surface area (Å²) in [6, 6.07) is 1.26. The Morgan fingerprint density at radius 3 is 2.77 bits per heavy atom. The molecule has 2 rings (SSSR count). The average molecular weight is 379 g/mol. The summed E-state index contributed by atoms with van der Waals surface area (Å²) in [5.41, 5.74) is 0.280. The second-order valence-electron chi connectivity index (χ2n) is 7.92. The number of hydrogen-bond donors (Lipinski definition) is 2. The highest BCUT2D eigenvalue weighted by molar-refractivity contribution is 7.12. The Labute approximate surface area is 157 Å². The Kier molecular flexibility index (Phi) is 6.21. The minimum Gasteiger partial charge on any atom is -0.465 e. The highest BCUT2D eigenvalue weighted by Crippen LogP contribution is 2.46. The normalized spacial score (nSPS) is 24.2. The molecular weight excluding hydrogens is 354 g/mol. The molecule has 7 nitrogen and oxygen atoms in total. The molecule has 0 saturated heterocycles. The van der Waals surface area contributed by atoms with E-state index in [4.69, 9.17) is 4.74 Å². The zero-order chi connectivity index (χ0) is 19.4. The molecule has 2 atom stereocenters. The van der Waals surface area contributed by atoms with E-state index in [0.29, 0.717) is 17.1 Å². The third-order valence-electron chi connectivity index (χ3n) is 4.59. The van der Waals surface area contributed by atoms with E-state index in [1.54, 1.807) is 17.5 Å². The molecule has 1 aliphatic rings. The molecule has 142 valence electrons. The minimum atomic E-state index is -0.478. The van der Waals surface area contributed by atoms with E-state index < -0.39 is 5.97 Å². The summed E-state index contributed by atoms with van der Waals surface area (Å²) in [5, 5.41) is 7.44. The number of nitrogens with zero attached hydrogens (tertiary/aromatic N) is 1. The molecule has 1 aliphatic carbocycles. The van der Waals surface area contributed by atoms with Crippen molar-refractivity contribution in [2.75, 3.05) is 19.0 Å². The number of anilines is 1. The number of hydrogen-bond acceptors (Lipinski definition) is 6. The van der Waals surface area contributed by atoms with Gasteiger partial charge >= 0.3 is 12.0 Å². The zero-order valence-electron chi connectivity index (χ0n) is 15.5. The van der Waals surface area contributed by atoms with Crippen LogP contribution in [0.3, 0.4) is 0 Å². The number of carbonyl (C=O) groups is 2. The number of rotatable bonds is 5. The van der Waals surface area contributed by atoms with E-state index in [1.807, 2.05) is 0 Å².